The van der Waals surface area contributed by atoms with Crippen molar-refractivity contribution in [3.8, 4) is 112 Å². The standard InChI is InChI=1S/C64H44N2/c1-7-23-45(24-8-1)51-35-21-38-54(41-51)64-65-59(44-60(66-64)56-40-20-19-39-55(56)46-25-9-2-10-26-46)53-37-22-36-52(42-53)58-43-57(47-27-11-3-12-28-47)61(48-29-13-4-14-30-48)63(50-33-17-6-18-34-50)62(58)49-31-15-5-16-32-49/h1-44H. The van der Waals surface area contributed by atoms with E-state index in [4.69, 9.17) is 9.97 Å². The molecule has 66 heavy (non-hydrogen) atoms. The molecule has 0 aliphatic carbocycles. The fourth-order valence-corrected chi connectivity index (χ4v) is 9.21. The van der Waals surface area contributed by atoms with Gasteiger partial charge in [0, 0.05) is 16.7 Å². The third kappa shape index (κ3) is 8.05. The normalized spacial score (nSPS) is 11.0. The molecule has 0 aliphatic rings. The molecule has 11 rings (SSSR count). The fourth-order valence-electron chi connectivity index (χ4n) is 9.21. The third-order valence-electron chi connectivity index (χ3n) is 12.3. The maximum absolute atomic E-state index is 5.42. The molecule has 0 aliphatic heterocycles. The van der Waals surface area contributed by atoms with Crippen molar-refractivity contribution in [1.29, 1.82) is 0 Å². The van der Waals surface area contributed by atoms with E-state index in [1.807, 2.05) is 0 Å². The molecular formula is C64H44N2. The third-order valence-corrected chi connectivity index (χ3v) is 12.3. The zero-order valence-corrected chi connectivity index (χ0v) is 36.3. The highest BCUT2D eigenvalue weighted by atomic mass is 14.9. The molecule has 1 heterocycles. The Hall–Kier alpha value is -8.72. The first kappa shape index (κ1) is 40.1. The van der Waals surface area contributed by atoms with Crippen LogP contribution in [-0.4, -0.2) is 9.97 Å². The lowest BCUT2D eigenvalue weighted by atomic mass is 9.78. The second-order valence-corrected chi connectivity index (χ2v) is 16.5. The van der Waals surface area contributed by atoms with Crippen molar-refractivity contribution in [2.75, 3.05) is 0 Å². The van der Waals surface area contributed by atoms with Gasteiger partial charge in [-0.3, -0.25) is 0 Å². The minimum atomic E-state index is 0.670. The molecule has 0 radical (unpaired) electrons. The molecule has 0 atom stereocenters. The Balaban J connectivity index is 1.17. The van der Waals surface area contributed by atoms with Gasteiger partial charge in [-0.2, -0.15) is 0 Å². The number of benzene rings is 10. The number of nitrogens with zero attached hydrogens (tertiary/aromatic N) is 2. The van der Waals surface area contributed by atoms with Crippen LogP contribution >= 0.6 is 0 Å². The molecule has 310 valence electrons. The number of hydrogen-bond donors (Lipinski definition) is 0. The van der Waals surface area contributed by atoms with Gasteiger partial charge in [-0.1, -0.05) is 243 Å². The van der Waals surface area contributed by atoms with E-state index < -0.39 is 0 Å². The average molecular weight is 841 g/mol. The smallest absolute Gasteiger partial charge is 0.160 e. The quantitative estimate of drug-likeness (QED) is 0.137. The van der Waals surface area contributed by atoms with Crippen molar-refractivity contribution in [2.45, 2.75) is 0 Å². The zero-order valence-electron chi connectivity index (χ0n) is 36.3. The molecule has 0 saturated heterocycles. The number of rotatable bonds is 10. The summed E-state index contributed by atoms with van der Waals surface area (Å²) in [5.74, 6) is 0.670. The van der Waals surface area contributed by atoms with Crippen LogP contribution in [0.3, 0.4) is 0 Å². The Morgan fingerprint density at radius 2 is 0.545 bits per heavy atom. The van der Waals surface area contributed by atoms with Gasteiger partial charge < -0.3 is 0 Å². The molecule has 10 aromatic carbocycles. The van der Waals surface area contributed by atoms with E-state index in [9.17, 15) is 0 Å². The molecular weight excluding hydrogens is 797 g/mol. The van der Waals surface area contributed by atoms with Gasteiger partial charge in [-0.15, -0.1) is 0 Å². The Morgan fingerprint density at radius 3 is 1.11 bits per heavy atom. The van der Waals surface area contributed by atoms with Gasteiger partial charge in [-0.25, -0.2) is 9.97 Å². The van der Waals surface area contributed by atoms with E-state index in [1.165, 1.54) is 27.8 Å². The van der Waals surface area contributed by atoms with Crippen molar-refractivity contribution < 1.29 is 0 Å². The molecule has 0 bridgehead atoms. The summed E-state index contributed by atoms with van der Waals surface area (Å²) in [7, 11) is 0. The van der Waals surface area contributed by atoms with Crippen LogP contribution in [0.2, 0.25) is 0 Å². The highest BCUT2D eigenvalue weighted by Gasteiger charge is 2.24. The lowest BCUT2D eigenvalue weighted by molar-refractivity contribution is 1.18. The van der Waals surface area contributed by atoms with E-state index in [-0.39, 0.29) is 0 Å². The molecule has 0 fully saturated rings. The van der Waals surface area contributed by atoms with Crippen LogP contribution < -0.4 is 0 Å². The van der Waals surface area contributed by atoms with Gasteiger partial charge >= 0.3 is 0 Å². The Labute approximate surface area is 386 Å². The number of aromatic nitrogens is 2. The predicted octanol–water partition coefficient (Wildman–Crippen LogP) is 17.1. The Bertz CT molecular complexity index is 3420. The summed E-state index contributed by atoms with van der Waals surface area (Å²) in [6.45, 7) is 0. The largest absolute Gasteiger partial charge is 0.228 e. The van der Waals surface area contributed by atoms with E-state index in [0.29, 0.717) is 5.82 Å². The zero-order chi connectivity index (χ0) is 44.1. The van der Waals surface area contributed by atoms with Gasteiger partial charge in [0.1, 0.15) is 0 Å². The summed E-state index contributed by atoms with van der Waals surface area (Å²) >= 11 is 0. The SMILES string of the molecule is c1ccc(-c2cccc(-c3nc(-c4cccc(-c5cc(-c6ccccc6)c(-c6ccccc6)c(-c6ccccc6)c5-c5ccccc5)c4)cc(-c4ccccc4-c4ccccc4)n3)c2)cc1. The molecule has 2 heteroatoms. The van der Waals surface area contributed by atoms with Crippen molar-refractivity contribution in [1.82, 2.24) is 9.97 Å². The van der Waals surface area contributed by atoms with Crippen molar-refractivity contribution >= 4 is 0 Å². The van der Waals surface area contributed by atoms with Crippen LogP contribution in [0.15, 0.2) is 267 Å². The topological polar surface area (TPSA) is 25.8 Å². The van der Waals surface area contributed by atoms with E-state index >= 15 is 0 Å². The average Bonchev–Trinajstić information content (AvgIpc) is 3.41. The van der Waals surface area contributed by atoms with Crippen LogP contribution in [0, 0.1) is 0 Å². The van der Waals surface area contributed by atoms with Crippen LogP contribution in [0.5, 0.6) is 0 Å². The maximum Gasteiger partial charge on any atom is 0.160 e. The summed E-state index contributed by atoms with van der Waals surface area (Å²) in [4.78, 5) is 10.8. The second kappa shape index (κ2) is 18.2. The molecule has 0 saturated carbocycles. The van der Waals surface area contributed by atoms with Gasteiger partial charge in [-0.05, 0) is 102 Å². The predicted molar refractivity (Wildman–Crippen MR) is 276 cm³/mol. The summed E-state index contributed by atoms with van der Waals surface area (Å²) < 4.78 is 0. The van der Waals surface area contributed by atoms with Crippen LogP contribution in [0.4, 0.5) is 0 Å². The second-order valence-electron chi connectivity index (χ2n) is 16.5. The summed E-state index contributed by atoms with van der Waals surface area (Å²) in [6.07, 6.45) is 0. The molecule has 2 nitrogen and oxygen atoms in total. The van der Waals surface area contributed by atoms with E-state index in [0.717, 1.165) is 78.1 Å². The van der Waals surface area contributed by atoms with Crippen LogP contribution in [-0.2, 0) is 0 Å². The minimum Gasteiger partial charge on any atom is -0.228 e. The first-order valence-corrected chi connectivity index (χ1v) is 22.5. The van der Waals surface area contributed by atoms with Crippen molar-refractivity contribution in [3.05, 3.63) is 267 Å². The molecule has 11 aromatic rings. The van der Waals surface area contributed by atoms with E-state index in [1.54, 1.807) is 0 Å². The lowest BCUT2D eigenvalue weighted by Crippen LogP contribution is -1.99. The van der Waals surface area contributed by atoms with Crippen LogP contribution in [0.25, 0.3) is 112 Å². The van der Waals surface area contributed by atoms with E-state index in [2.05, 4.69) is 267 Å². The minimum absolute atomic E-state index is 0.670. The molecule has 0 N–H and O–H groups in total. The molecule has 0 amide bonds. The van der Waals surface area contributed by atoms with Crippen LogP contribution in [0.1, 0.15) is 0 Å². The monoisotopic (exact) mass is 840 g/mol. The highest BCUT2D eigenvalue weighted by molar-refractivity contribution is 6.07. The maximum atomic E-state index is 5.42. The van der Waals surface area contributed by atoms with Crippen molar-refractivity contribution in [3.63, 3.8) is 0 Å². The summed E-state index contributed by atoms with van der Waals surface area (Å²) in [6, 6.07) is 95.0. The van der Waals surface area contributed by atoms with Gasteiger partial charge in [0.15, 0.2) is 5.82 Å². The summed E-state index contributed by atoms with van der Waals surface area (Å²) in [5.41, 5.74) is 20.8. The molecule has 0 spiro atoms. The van der Waals surface area contributed by atoms with Crippen molar-refractivity contribution in [2.24, 2.45) is 0 Å². The van der Waals surface area contributed by atoms with Gasteiger partial charge in [0.05, 0.1) is 11.4 Å². The molecule has 0 unspecified atom stereocenters. The Kier molecular flexibility index (Phi) is 11.0. The van der Waals surface area contributed by atoms with Gasteiger partial charge in [0.2, 0.25) is 0 Å². The highest BCUT2D eigenvalue weighted by Crippen LogP contribution is 2.50. The summed E-state index contributed by atoms with van der Waals surface area (Å²) in [5, 5.41) is 0. The van der Waals surface area contributed by atoms with Gasteiger partial charge in [0.25, 0.3) is 0 Å². The Morgan fingerprint density at radius 1 is 0.182 bits per heavy atom. The lowest BCUT2D eigenvalue weighted by Gasteiger charge is -2.24. The first-order chi connectivity index (χ1) is 32.7. The number of hydrogen-bond acceptors (Lipinski definition) is 2. The first-order valence-electron chi connectivity index (χ1n) is 22.5. The molecule has 1 aromatic heterocycles. The fraction of sp³-hybridized carbons (Fsp3) is 0.